The number of hydrogen-bond donors (Lipinski definition) is 3. The van der Waals surface area contributed by atoms with Crippen molar-refractivity contribution >= 4 is 23.3 Å². The average Bonchev–Trinajstić information content (AvgIpc) is 2.53. The summed E-state index contributed by atoms with van der Waals surface area (Å²) in [5.74, 6) is -1.03. The molecule has 0 unspecified atom stereocenters. The summed E-state index contributed by atoms with van der Waals surface area (Å²) in [5.41, 5.74) is 1.41. The second-order valence-electron chi connectivity index (χ2n) is 5.76. The molecule has 0 atom stereocenters. The summed E-state index contributed by atoms with van der Waals surface area (Å²) < 4.78 is 0. The molecule has 106 valence electrons. The third-order valence-electron chi connectivity index (χ3n) is 4.25. The molecule has 1 aromatic rings. The SMILES string of the molecule is O=C1CC2(CCCCC2)Nc2ccc(C(=O)O)cc2N1. The van der Waals surface area contributed by atoms with Crippen molar-refractivity contribution in [2.45, 2.75) is 44.1 Å². The number of carboxylic acids is 1. The number of carbonyl (C=O) groups is 2. The highest BCUT2D eigenvalue weighted by Crippen LogP contribution is 2.39. The molecule has 1 aliphatic heterocycles. The molecular weight excluding hydrogens is 256 g/mol. The Bertz CT molecular complexity index is 562. The summed E-state index contributed by atoms with van der Waals surface area (Å²) in [6.45, 7) is 0. The Hall–Kier alpha value is -2.04. The molecule has 5 heteroatoms. The highest BCUT2D eigenvalue weighted by molar-refractivity contribution is 5.99. The largest absolute Gasteiger partial charge is 0.478 e. The molecule has 3 N–H and O–H groups in total. The van der Waals surface area contributed by atoms with Crippen LogP contribution in [0.15, 0.2) is 18.2 Å². The molecule has 0 radical (unpaired) electrons. The zero-order chi connectivity index (χ0) is 14.2. The van der Waals surface area contributed by atoms with Crippen molar-refractivity contribution < 1.29 is 14.7 Å². The molecule has 1 heterocycles. The van der Waals surface area contributed by atoms with Gasteiger partial charge in [0.2, 0.25) is 5.91 Å². The molecule has 0 aromatic heterocycles. The van der Waals surface area contributed by atoms with E-state index < -0.39 is 5.97 Å². The van der Waals surface area contributed by atoms with Gasteiger partial charge in [-0.05, 0) is 31.0 Å². The number of fused-ring (bicyclic) bond motifs is 1. The normalized spacial score (nSPS) is 20.5. The van der Waals surface area contributed by atoms with Gasteiger partial charge in [-0.25, -0.2) is 4.79 Å². The zero-order valence-corrected chi connectivity index (χ0v) is 11.2. The molecule has 1 amide bonds. The number of benzene rings is 1. The molecule has 20 heavy (non-hydrogen) atoms. The number of carbonyl (C=O) groups excluding carboxylic acids is 1. The van der Waals surface area contributed by atoms with E-state index in [9.17, 15) is 9.59 Å². The van der Waals surface area contributed by atoms with Crippen LogP contribution >= 0.6 is 0 Å². The predicted octanol–water partition coefficient (Wildman–Crippen LogP) is 2.84. The van der Waals surface area contributed by atoms with E-state index in [1.54, 1.807) is 12.1 Å². The first kappa shape index (κ1) is 13.0. The van der Waals surface area contributed by atoms with Gasteiger partial charge < -0.3 is 15.7 Å². The van der Waals surface area contributed by atoms with Crippen LogP contribution in [0.4, 0.5) is 11.4 Å². The van der Waals surface area contributed by atoms with E-state index in [4.69, 9.17) is 5.11 Å². The van der Waals surface area contributed by atoms with E-state index in [0.717, 1.165) is 31.4 Å². The predicted molar refractivity (Wildman–Crippen MR) is 76.1 cm³/mol. The van der Waals surface area contributed by atoms with Crippen molar-refractivity contribution in [3.63, 3.8) is 0 Å². The van der Waals surface area contributed by atoms with Crippen molar-refractivity contribution in [1.29, 1.82) is 0 Å². The standard InChI is InChI=1S/C15H18N2O3/c18-13-9-15(6-2-1-3-7-15)17-11-5-4-10(14(19)20)8-12(11)16-13/h4-5,8,17H,1-3,6-7,9H2,(H,16,18)(H,19,20). The van der Waals surface area contributed by atoms with Crippen molar-refractivity contribution in [3.8, 4) is 0 Å². The van der Waals surface area contributed by atoms with Gasteiger partial charge in [-0.1, -0.05) is 19.3 Å². The lowest BCUT2D eigenvalue weighted by Gasteiger charge is -2.37. The van der Waals surface area contributed by atoms with Crippen LogP contribution in [0.25, 0.3) is 0 Å². The molecule has 5 nitrogen and oxygen atoms in total. The number of carboxylic acid groups (broad SMARTS) is 1. The summed E-state index contributed by atoms with van der Waals surface area (Å²) in [6.07, 6.45) is 5.90. The van der Waals surface area contributed by atoms with Crippen LogP contribution in [0.2, 0.25) is 0 Å². The van der Waals surface area contributed by atoms with E-state index in [0.29, 0.717) is 12.1 Å². The number of hydrogen-bond acceptors (Lipinski definition) is 3. The fraction of sp³-hybridized carbons (Fsp3) is 0.467. The molecule has 1 saturated carbocycles. The maximum atomic E-state index is 12.1. The Kier molecular flexibility index (Phi) is 3.12. The average molecular weight is 274 g/mol. The second-order valence-corrected chi connectivity index (χ2v) is 5.76. The Morgan fingerprint density at radius 3 is 2.60 bits per heavy atom. The molecule has 1 aromatic carbocycles. The third kappa shape index (κ3) is 2.35. The van der Waals surface area contributed by atoms with Crippen molar-refractivity contribution in [2.24, 2.45) is 0 Å². The fourth-order valence-corrected chi connectivity index (χ4v) is 3.25. The first-order valence-corrected chi connectivity index (χ1v) is 7.03. The Morgan fingerprint density at radius 1 is 1.15 bits per heavy atom. The van der Waals surface area contributed by atoms with Gasteiger partial charge in [0.25, 0.3) is 0 Å². The summed E-state index contributed by atoms with van der Waals surface area (Å²) >= 11 is 0. The van der Waals surface area contributed by atoms with E-state index >= 15 is 0 Å². The quantitative estimate of drug-likeness (QED) is 0.735. The minimum atomic E-state index is -0.987. The number of anilines is 2. The molecule has 2 aliphatic rings. The van der Waals surface area contributed by atoms with Gasteiger partial charge in [0.1, 0.15) is 0 Å². The Morgan fingerprint density at radius 2 is 1.90 bits per heavy atom. The highest BCUT2D eigenvalue weighted by Gasteiger charge is 2.36. The lowest BCUT2D eigenvalue weighted by Crippen LogP contribution is -2.41. The van der Waals surface area contributed by atoms with Crippen molar-refractivity contribution in [2.75, 3.05) is 10.6 Å². The molecule has 0 saturated heterocycles. The van der Waals surface area contributed by atoms with Crippen molar-refractivity contribution in [3.05, 3.63) is 23.8 Å². The third-order valence-corrected chi connectivity index (χ3v) is 4.25. The zero-order valence-electron chi connectivity index (χ0n) is 11.2. The van der Waals surface area contributed by atoms with Crippen molar-refractivity contribution in [1.82, 2.24) is 0 Å². The monoisotopic (exact) mass is 274 g/mol. The molecular formula is C15H18N2O3. The topological polar surface area (TPSA) is 78.4 Å². The van der Waals surface area contributed by atoms with Gasteiger partial charge in [0, 0.05) is 12.0 Å². The Labute approximate surface area is 117 Å². The van der Waals surface area contributed by atoms with E-state index in [1.807, 2.05) is 0 Å². The van der Waals surface area contributed by atoms with Crippen LogP contribution < -0.4 is 10.6 Å². The van der Waals surface area contributed by atoms with Gasteiger partial charge in [-0.3, -0.25) is 4.79 Å². The first-order valence-electron chi connectivity index (χ1n) is 7.03. The smallest absolute Gasteiger partial charge is 0.335 e. The van der Waals surface area contributed by atoms with Crippen LogP contribution in [-0.4, -0.2) is 22.5 Å². The van der Waals surface area contributed by atoms with E-state index in [2.05, 4.69) is 10.6 Å². The fourth-order valence-electron chi connectivity index (χ4n) is 3.25. The van der Waals surface area contributed by atoms with Crippen LogP contribution in [-0.2, 0) is 4.79 Å². The van der Waals surface area contributed by atoms with Crippen LogP contribution in [0.5, 0.6) is 0 Å². The lowest BCUT2D eigenvalue weighted by molar-refractivity contribution is -0.117. The number of amides is 1. The summed E-state index contributed by atoms with van der Waals surface area (Å²) in [7, 11) is 0. The Balaban J connectivity index is 1.97. The molecule has 1 aliphatic carbocycles. The van der Waals surface area contributed by atoms with Gasteiger partial charge in [-0.15, -0.1) is 0 Å². The number of nitrogens with one attached hydrogen (secondary N) is 2. The van der Waals surface area contributed by atoms with Crippen LogP contribution in [0.3, 0.4) is 0 Å². The molecule has 0 bridgehead atoms. The van der Waals surface area contributed by atoms with Gasteiger partial charge in [0.05, 0.1) is 16.9 Å². The second kappa shape index (κ2) is 4.81. The minimum absolute atomic E-state index is 0.0410. The molecule has 1 spiro atoms. The summed E-state index contributed by atoms with van der Waals surface area (Å²) in [4.78, 5) is 23.1. The maximum absolute atomic E-state index is 12.1. The van der Waals surface area contributed by atoms with Crippen LogP contribution in [0, 0.1) is 0 Å². The van der Waals surface area contributed by atoms with E-state index in [-0.39, 0.29) is 17.0 Å². The number of rotatable bonds is 1. The molecule has 1 fully saturated rings. The van der Waals surface area contributed by atoms with Gasteiger partial charge >= 0.3 is 5.97 Å². The van der Waals surface area contributed by atoms with E-state index in [1.165, 1.54) is 12.5 Å². The van der Waals surface area contributed by atoms with Gasteiger partial charge in [-0.2, -0.15) is 0 Å². The highest BCUT2D eigenvalue weighted by atomic mass is 16.4. The van der Waals surface area contributed by atoms with Crippen LogP contribution in [0.1, 0.15) is 48.9 Å². The van der Waals surface area contributed by atoms with Gasteiger partial charge in [0.15, 0.2) is 0 Å². The summed E-state index contributed by atoms with van der Waals surface area (Å²) in [6, 6.07) is 4.84. The lowest BCUT2D eigenvalue weighted by atomic mass is 9.79. The molecule has 3 rings (SSSR count). The summed E-state index contributed by atoms with van der Waals surface area (Å²) in [5, 5.41) is 15.4. The minimum Gasteiger partial charge on any atom is -0.478 e. The number of aromatic carboxylic acids is 1. The first-order chi connectivity index (χ1) is 9.58. The maximum Gasteiger partial charge on any atom is 0.335 e.